The van der Waals surface area contributed by atoms with E-state index < -0.39 is 0 Å². The maximum Gasteiger partial charge on any atom is 0.220 e. The van der Waals surface area contributed by atoms with Gasteiger partial charge in [0.25, 0.3) is 0 Å². The zero-order chi connectivity index (χ0) is 24.7. The van der Waals surface area contributed by atoms with Crippen molar-refractivity contribution >= 4 is 5.91 Å². The molecule has 0 aliphatic rings. The third-order valence-electron chi connectivity index (χ3n) is 4.91. The quantitative estimate of drug-likeness (QED) is 0.168. The van der Waals surface area contributed by atoms with Crippen molar-refractivity contribution in [1.29, 1.82) is 0 Å². The SMILES string of the molecule is CC/C=C\C/C=C\C/C=C\C/C=C/C/C=C\C/C=C\CCC(=O)NCCc1ccc(O)c(O)c1. The summed E-state index contributed by atoms with van der Waals surface area (Å²) >= 11 is 0. The average molecular weight is 464 g/mol. The standard InChI is InChI=1S/C30H41NO3/c1-2-3-4-5-6-7-8-9-10-11-12-13-14-15-16-17-18-19-20-21-30(34)31-25-24-27-22-23-28(32)29(33)26-27/h3-4,6-7,9-10,12-13,15-16,18-19,22-23,26,32-33H,2,5,8,11,14,17,20-21,24-25H2,1H3,(H,31,34)/b4-3-,7-6-,10-9-,13-12+,16-15-,19-18-. The number of carbonyl (C=O) groups excluding carboxylic acids is 1. The average Bonchev–Trinajstić information content (AvgIpc) is 2.83. The van der Waals surface area contributed by atoms with Crippen molar-refractivity contribution < 1.29 is 15.0 Å². The highest BCUT2D eigenvalue weighted by molar-refractivity contribution is 5.75. The first kappa shape index (κ1) is 28.8. The van der Waals surface area contributed by atoms with E-state index in [9.17, 15) is 15.0 Å². The van der Waals surface area contributed by atoms with Crippen molar-refractivity contribution in [1.82, 2.24) is 5.32 Å². The number of aromatic hydroxyl groups is 2. The van der Waals surface area contributed by atoms with Crippen LogP contribution in [-0.2, 0) is 11.2 Å². The third kappa shape index (κ3) is 16.4. The zero-order valence-corrected chi connectivity index (χ0v) is 20.5. The van der Waals surface area contributed by atoms with Crippen LogP contribution in [0.3, 0.4) is 0 Å². The molecule has 3 N–H and O–H groups in total. The molecule has 0 fully saturated rings. The Labute approximate surface area is 205 Å². The van der Waals surface area contributed by atoms with E-state index in [0.29, 0.717) is 19.4 Å². The molecular weight excluding hydrogens is 422 g/mol. The number of rotatable bonds is 17. The molecule has 0 saturated heterocycles. The number of carbonyl (C=O) groups is 1. The van der Waals surface area contributed by atoms with Crippen LogP contribution in [0.25, 0.3) is 0 Å². The van der Waals surface area contributed by atoms with Gasteiger partial charge in [-0.15, -0.1) is 0 Å². The van der Waals surface area contributed by atoms with E-state index in [1.165, 1.54) is 12.1 Å². The summed E-state index contributed by atoms with van der Waals surface area (Å²) in [6.45, 7) is 2.65. The van der Waals surface area contributed by atoms with Gasteiger partial charge in [-0.1, -0.05) is 85.9 Å². The van der Waals surface area contributed by atoms with Gasteiger partial charge in [0.05, 0.1) is 0 Å². The Morgan fingerprint density at radius 2 is 1.24 bits per heavy atom. The van der Waals surface area contributed by atoms with Crippen LogP contribution in [-0.4, -0.2) is 22.7 Å². The Morgan fingerprint density at radius 3 is 1.74 bits per heavy atom. The molecule has 4 heteroatoms. The molecule has 0 saturated carbocycles. The molecule has 1 amide bonds. The first-order valence-electron chi connectivity index (χ1n) is 12.3. The number of allylic oxidation sites excluding steroid dienone is 12. The summed E-state index contributed by atoms with van der Waals surface area (Å²) in [5, 5.41) is 21.7. The minimum Gasteiger partial charge on any atom is -0.504 e. The molecule has 0 bridgehead atoms. The molecular formula is C30H41NO3. The Balaban J connectivity index is 2.00. The van der Waals surface area contributed by atoms with Gasteiger partial charge in [-0.05, 0) is 69.1 Å². The fourth-order valence-electron chi connectivity index (χ4n) is 3.01. The van der Waals surface area contributed by atoms with Gasteiger partial charge in [-0.3, -0.25) is 4.79 Å². The van der Waals surface area contributed by atoms with Crippen LogP contribution in [0.1, 0.15) is 63.9 Å². The van der Waals surface area contributed by atoms with Gasteiger partial charge in [0.15, 0.2) is 11.5 Å². The first-order chi connectivity index (χ1) is 16.6. The minimum absolute atomic E-state index is 0.0162. The molecule has 0 atom stereocenters. The monoisotopic (exact) mass is 463 g/mol. The molecule has 0 aliphatic carbocycles. The van der Waals surface area contributed by atoms with Crippen molar-refractivity contribution in [2.24, 2.45) is 0 Å². The lowest BCUT2D eigenvalue weighted by molar-refractivity contribution is -0.120. The Hall–Kier alpha value is -3.27. The summed E-state index contributed by atoms with van der Waals surface area (Å²) in [6.07, 6.45) is 33.7. The predicted molar refractivity (Wildman–Crippen MR) is 144 cm³/mol. The number of benzene rings is 1. The normalized spacial score (nSPS) is 12.5. The van der Waals surface area contributed by atoms with Crippen LogP contribution in [0.5, 0.6) is 11.5 Å². The van der Waals surface area contributed by atoms with E-state index in [4.69, 9.17) is 0 Å². The second-order valence-corrected chi connectivity index (χ2v) is 7.88. The summed E-state index contributed by atoms with van der Waals surface area (Å²) in [6, 6.07) is 4.70. The van der Waals surface area contributed by atoms with Gasteiger partial charge >= 0.3 is 0 Å². The van der Waals surface area contributed by atoms with Gasteiger partial charge in [-0.2, -0.15) is 0 Å². The van der Waals surface area contributed by atoms with Crippen molar-refractivity contribution in [2.45, 2.75) is 64.7 Å². The van der Waals surface area contributed by atoms with E-state index in [0.717, 1.165) is 50.5 Å². The molecule has 0 heterocycles. The Morgan fingerprint density at radius 1 is 0.735 bits per heavy atom. The van der Waals surface area contributed by atoms with Gasteiger partial charge in [0, 0.05) is 13.0 Å². The van der Waals surface area contributed by atoms with E-state index in [1.54, 1.807) is 6.07 Å². The molecule has 1 aromatic rings. The maximum atomic E-state index is 11.9. The number of amides is 1. The van der Waals surface area contributed by atoms with Crippen LogP contribution in [0.4, 0.5) is 0 Å². The summed E-state index contributed by atoms with van der Waals surface area (Å²) < 4.78 is 0. The highest BCUT2D eigenvalue weighted by Crippen LogP contribution is 2.24. The lowest BCUT2D eigenvalue weighted by atomic mass is 10.1. The van der Waals surface area contributed by atoms with Gasteiger partial charge in [0.1, 0.15) is 0 Å². The molecule has 4 nitrogen and oxygen atoms in total. The van der Waals surface area contributed by atoms with E-state index in [1.807, 2.05) is 6.08 Å². The van der Waals surface area contributed by atoms with Crippen molar-refractivity contribution in [3.8, 4) is 11.5 Å². The topological polar surface area (TPSA) is 69.6 Å². The highest BCUT2D eigenvalue weighted by atomic mass is 16.3. The largest absolute Gasteiger partial charge is 0.504 e. The molecule has 0 aliphatic heterocycles. The number of phenolic OH excluding ortho intramolecular Hbond substituents is 2. The van der Waals surface area contributed by atoms with Crippen molar-refractivity contribution in [2.75, 3.05) is 6.54 Å². The third-order valence-corrected chi connectivity index (χ3v) is 4.91. The number of hydrogen-bond donors (Lipinski definition) is 3. The lowest BCUT2D eigenvalue weighted by Crippen LogP contribution is -2.25. The van der Waals surface area contributed by atoms with Crippen LogP contribution < -0.4 is 5.32 Å². The van der Waals surface area contributed by atoms with Crippen LogP contribution in [0.15, 0.2) is 91.1 Å². The molecule has 0 unspecified atom stereocenters. The van der Waals surface area contributed by atoms with E-state index in [-0.39, 0.29) is 17.4 Å². The van der Waals surface area contributed by atoms with E-state index in [2.05, 4.69) is 79.1 Å². The van der Waals surface area contributed by atoms with Crippen LogP contribution in [0, 0.1) is 0 Å². The molecule has 0 spiro atoms. The van der Waals surface area contributed by atoms with Gasteiger partial charge in [0.2, 0.25) is 5.91 Å². The molecule has 0 radical (unpaired) electrons. The minimum atomic E-state index is -0.138. The smallest absolute Gasteiger partial charge is 0.220 e. The van der Waals surface area contributed by atoms with Crippen molar-refractivity contribution in [3.63, 3.8) is 0 Å². The molecule has 1 aromatic carbocycles. The van der Waals surface area contributed by atoms with Crippen LogP contribution >= 0.6 is 0 Å². The summed E-state index contributed by atoms with van der Waals surface area (Å²) in [5.41, 5.74) is 0.868. The number of nitrogens with one attached hydrogen (secondary N) is 1. The predicted octanol–water partition coefficient (Wildman–Crippen LogP) is 7.23. The van der Waals surface area contributed by atoms with Crippen molar-refractivity contribution in [3.05, 3.63) is 96.7 Å². The van der Waals surface area contributed by atoms with E-state index >= 15 is 0 Å². The summed E-state index contributed by atoms with van der Waals surface area (Å²) in [5.74, 6) is -0.256. The molecule has 0 aromatic heterocycles. The Bertz CT molecular complexity index is 860. The fourth-order valence-corrected chi connectivity index (χ4v) is 3.01. The second-order valence-electron chi connectivity index (χ2n) is 7.88. The fraction of sp³-hybridized carbons (Fsp3) is 0.367. The van der Waals surface area contributed by atoms with Crippen LogP contribution in [0.2, 0.25) is 0 Å². The number of hydrogen-bond acceptors (Lipinski definition) is 3. The first-order valence-corrected chi connectivity index (χ1v) is 12.3. The molecule has 184 valence electrons. The summed E-state index contributed by atoms with van der Waals surface area (Å²) in [7, 11) is 0. The van der Waals surface area contributed by atoms with Gasteiger partial charge < -0.3 is 15.5 Å². The molecule has 34 heavy (non-hydrogen) atoms. The lowest BCUT2D eigenvalue weighted by Gasteiger charge is -2.05. The summed E-state index contributed by atoms with van der Waals surface area (Å²) in [4.78, 5) is 11.9. The van der Waals surface area contributed by atoms with Gasteiger partial charge in [-0.25, -0.2) is 0 Å². The highest BCUT2D eigenvalue weighted by Gasteiger charge is 2.02. The zero-order valence-electron chi connectivity index (χ0n) is 20.5. The molecule has 1 rings (SSSR count). The Kier molecular flexibility index (Phi) is 17.2. The number of phenols is 2. The second kappa shape index (κ2) is 20.3. The maximum absolute atomic E-state index is 11.9.